The minimum atomic E-state index is -0.688. The molecule has 0 fully saturated rings. The summed E-state index contributed by atoms with van der Waals surface area (Å²) in [5, 5.41) is 12.7. The van der Waals surface area contributed by atoms with E-state index in [1.54, 1.807) is 7.11 Å². The van der Waals surface area contributed by atoms with Gasteiger partial charge in [-0.2, -0.15) is 0 Å². The molecule has 3 aromatic rings. The largest absolute Gasteiger partial charge is 0.497 e. The normalized spacial score (nSPS) is 12.3. The summed E-state index contributed by atoms with van der Waals surface area (Å²) in [5.74, 6) is 0.780. The zero-order valence-electron chi connectivity index (χ0n) is 11.2. The maximum Gasteiger partial charge on any atom is 0.220 e. The predicted octanol–water partition coefficient (Wildman–Crippen LogP) is 2.74. The third kappa shape index (κ3) is 2.24. The molecule has 3 nitrogen and oxygen atoms in total. The van der Waals surface area contributed by atoms with Crippen LogP contribution < -0.4 is 9.72 Å². The molecule has 0 radical (unpaired) electrons. The van der Waals surface area contributed by atoms with E-state index in [9.17, 15) is 5.11 Å². The molecule has 0 aliphatic carbocycles. The number of fused-ring (bicyclic) bond motifs is 1. The highest BCUT2D eigenvalue weighted by Gasteiger charge is 2.19. The zero-order chi connectivity index (χ0) is 13.9. The van der Waals surface area contributed by atoms with Gasteiger partial charge in [0.05, 0.1) is 12.5 Å². The van der Waals surface area contributed by atoms with Crippen LogP contribution in [0.2, 0.25) is 0 Å². The van der Waals surface area contributed by atoms with Gasteiger partial charge in [-0.15, -0.1) is 0 Å². The van der Waals surface area contributed by atoms with Gasteiger partial charge in [-0.3, -0.25) is 0 Å². The first-order valence-corrected chi connectivity index (χ1v) is 6.51. The van der Waals surface area contributed by atoms with Crippen LogP contribution in [0, 0.1) is 0 Å². The summed E-state index contributed by atoms with van der Waals surface area (Å²) >= 11 is 0. The third-order valence-corrected chi connectivity index (χ3v) is 3.46. The number of methoxy groups -OCH3 is 1. The van der Waals surface area contributed by atoms with E-state index in [4.69, 9.17) is 4.74 Å². The number of H-pyrrole nitrogens is 1. The third-order valence-electron chi connectivity index (χ3n) is 3.46. The van der Waals surface area contributed by atoms with Gasteiger partial charge in [-0.1, -0.05) is 30.3 Å². The summed E-state index contributed by atoms with van der Waals surface area (Å²) in [6.07, 6.45) is 1.16. The predicted molar refractivity (Wildman–Crippen MR) is 77.6 cm³/mol. The average Bonchev–Trinajstić information content (AvgIpc) is 2.54. The Bertz CT molecular complexity index is 717. The first-order valence-electron chi connectivity index (χ1n) is 6.51. The van der Waals surface area contributed by atoms with Crippen LogP contribution in [0.1, 0.15) is 17.4 Å². The van der Waals surface area contributed by atoms with Crippen molar-refractivity contribution in [3.63, 3.8) is 0 Å². The number of aliphatic hydroxyl groups excluding tert-OH is 1. The monoisotopic (exact) mass is 266 g/mol. The van der Waals surface area contributed by atoms with Crippen molar-refractivity contribution < 1.29 is 14.8 Å². The van der Waals surface area contributed by atoms with Gasteiger partial charge in [0.1, 0.15) is 5.75 Å². The van der Waals surface area contributed by atoms with E-state index < -0.39 is 6.10 Å². The average molecular weight is 266 g/mol. The maximum absolute atomic E-state index is 10.6. The van der Waals surface area contributed by atoms with Crippen molar-refractivity contribution in [3.05, 3.63) is 72.1 Å². The Kier molecular flexibility index (Phi) is 3.35. The van der Waals surface area contributed by atoms with Gasteiger partial charge in [0.25, 0.3) is 0 Å². The van der Waals surface area contributed by atoms with Crippen molar-refractivity contribution in [1.82, 2.24) is 0 Å². The molecule has 0 bridgehead atoms. The number of aromatic nitrogens is 1. The molecule has 0 spiro atoms. The Labute approximate surface area is 117 Å². The van der Waals surface area contributed by atoms with Crippen LogP contribution in [-0.2, 0) is 0 Å². The fourth-order valence-electron chi connectivity index (χ4n) is 2.37. The van der Waals surface area contributed by atoms with Crippen LogP contribution in [0.5, 0.6) is 5.75 Å². The van der Waals surface area contributed by atoms with E-state index in [1.165, 1.54) is 0 Å². The van der Waals surface area contributed by atoms with E-state index in [2.05, 4.69) is 4.98 Å². The van der Waals surface area contributed by atoms with Crippen LogP contribution in [0.15, 0.2) is 60.8 Å². The molecule has 1 aromatic heterocycles. The smallest absolute Gasteiger partial charge is 0.220 e. The minimum Gasteiger partial charge on any atom is -0.497 e. The first kappa shape index (κ1) is 12.6. The van der Waals surface area contributed by atoms with Crippen molar-refractivity contribution in [3.8, 4) is 5.75 Å². The Hall–Kier alpha value is -2.39. The van der Waals surface area contributed by atoms with Crippen molar-refractivity contribution >= 4 is 10.8 Å². The van der Waals surface area contributed by atoms with Crippen LogP contribution in [0.3, 0.4) is 0 Å². The molecule has 20 heavy (non-hydrogen) atoms. The summed E-state index contributed by atoms with van der Waals surface area (Å²) < 4.78 is 5.14. The van der Waals surface area contributed by atoms with Crippen molar-refractivity contribution in [2.24, 2.45) is 0 Å². The summed E-state index contributed by atoms with van der Waals surface area (Å²) in [5.41, 5.74) is 1.63. The lowest BCUT2D eigenvalue weighted by Gasteiger charge is -2.09. The first-order chi connectivity index (χ1) is 9.79. The molecule has 100 valence electrons. The second kappa shape index (κ2) is 5.31. The number of hydrogen-bond donors (Lipinski definition) is 1. The highest BCUT2D eigenvalue weighted by Crippen LogP contribution is 2.26. The van der Waals surface area contributed by atoms with Gasteiger partial charge >= 0.3 is 0 Å². The van der Waals surface area contributed by atoms with Crippen molar-refractivity contribution in [2.75, 3.05) is 7.11 Å². The molecule has 3 rings (SSSR count). The number of ether oxygens (including phenoxy) is 1. The van der Waals surface area contributed by atoms with Crippen LogP contribution in [0.4, 0.5) is 0 Å². The number of aromatic amines is 1. The molecule has 1 atom stereocenters. The highest BCUT2D eigenvalue weighted by atomic mass is 16.5. The molecular formula is C17H16NO2+. The molecule has 2 N–H and O–H groups in total. The number of rotatable bonds is 3. The SMILES string of the molecule is COc1ccc(C(O)c2[nH+]ccc3ccccc23)cc1. The molecule has 2 aromatic carbocycles. The van der Waals surface area contributed by atoms with Crippen molar-refractivity contribution in [1.29, 1.82) is 0 Å². The molecular weight excluding hydrogens is 250 g/mol. The lowest BCUT2D eigenvalue weighted by Crippen LogP contribution is -2.16. The Morgan fingerprint density at radius 1 is 1.00 bits per heavy atom. The van der Waals surface area contributed by atoms with E-state index in [0.717, 1.165) is 27.8 Å². The van der Waals surface area contributed by atoms with Crippen molar-refractivity contribution in [2.45, 2.75) is 6.10 Å². The second-order valence-corrected chi connectivity index (χ2v) is 4.65. The Morgan fingerprint density at radius 2 is 1.75 bits per heavy atom. The molecule has 1 unspecified atom stereocenters. The topological polar surface area (TPSA) is 43.6 Å². The van der Waals surface area contributed by atoms with E-state index >= 15 is 0 Å². The zero-order valence-corrected chi connectivity index (χ0v) is 11.2. The highest BCUT2D eigenvalue weighted by molar-refractivity contribution is 5.83. The van der Waals surface area contributed by atoms with E-state index in [-0.39, 0.29) is 0 Å². The lowest BCUT2D eigenvalue weighted by molar-refractivity contribution is -0.395. The van der Waals surface area contributed by atoms with Gasteiger partial charge < -0.3 is 9.84 Å². The second-order valence-electron chi connectivity index (χ2n) is 4.65. The number of hydrogen-bond acceptors (Lipinski definition) is 2. The standard InChI is InChI=1S/C17H15NO2/c1-20-14-8-6-13(7-9-14)17(19)16-15-5-3-2-4-12(15)10-11-18-16/h2-11,17,19H,1H3/p+1. The van der Waals surface area contributed by atoms with E-state index in [0.29, 0.717) is 0 Å². The molecule has 1 heterocycles. The number of pyridine rings is 1. The summed E-state index contributed by atoms with van der Waals surface area (Å²) in [6.45, 7) is 0. The molecule has 0 saturated heterocycles. The summed E-state index contributed by atoms with van der Waals surface area (Å²) in [6, 6.07) is 17.5. The van der Waals surface area contributed by atoms with Gasteiger partial charge in [0, 0.05) is 6.07 Å². The van der Waals surface area contributed by atoms with Gasteiger partial charge in [-0.25, -0.2) is 4.98 Å². The molecule has 0 aliphatic rings. The molecule has 3 heteroatoms. The van der Waals surface area contributed by atoms with E-state index in [1.807, 2.05) is 60.8 Å². The molecule has 0 aliphatic heterocycles. The molecule has 0 saturated carbocycles. The van der Waals surface area contributed by atoms with Gasteiger partial charge in [0.2, 0.25) is 5.69 Å². The number of aliphatic hydroxyl groups is 1. The fraction of sp³-hybridized carbons (Fsp3) is 0.118. The Morgan fingerprint density at radius 3 is 2.50 bits per heavy atom. The number of benzene rings is 2. The van der Waals surface area contributed by atoms with Gasteiger partial charge in [0.15, 0.2) is 12.3 Å². The van der Waals surface area contributed by atoms with Crippen LogP contribution >= 0.6 is 0 Å². The maximum atomic E-state index is 10.6. The summed E-state index contributed by atoms with van der Waals surface area (Å²) in [7, 11) is 1.63. The summed E-state index contributed by atoms with van der Waals surface area (Å²) in [4.78, 5) is 3.16. The lowest BCUT2D eigenvalue weighted by atomic mass is 10.0. The minimum absolute atomic E-state index is 0.688. The van der Waals surface area contributed by atoms with Crippen LogP contribution in [0.25, 0.3) is 10.8 Å². The molecule has 0 amide bonds. The fourth-order valence-corrected chi connectivity index (χ4v) is 2.37. The van der Waals surface area contributed by atoms with Gasteiger partial charge in [-0.05, 0) is 29.1 Å². The Balaban J connectivity index is 2.05. The van der Waals surface area contributed by atoms with Crippen LogP contribution in [-0.4, -0.2) is 12.2 Å². The number of nitrogens with one attached hydrogen (secondary N) is 1. The quantitative estimate of drug-likeness (QED) is 0.792.